The van der Waals surface area contributed by atoms with Crippen LogP contribution in [0.4, 0.5) is 0 Å². The fourth-order valence-corrected chi connectivity index (χ4v) is 1.90. The van der Waals surface area contributed by atoms with Gasteiger partial charge in [-0.05, 0) is 17.7 Å². The number of benzene rings is 2. The quantitative estimate of drug-likeness (QED) is 0.765. The summed E-state index contributed by atoms with van der Waals surface area (Å²) in [5.74, 6) is 0.286. The molecule has 2 rings (SSSR count). The molecule has 4 heteroatoms. The average molecular weight is 283 g/mol. The van der Waals surface area contributed by atoms with Crippen LogP contribution in [0.25, 0.3) is 0 Å². The normalized spacial score (nSPS) is 9.95. The molecule has 0 radical (unpaired) electrons. The summed E-state index contributed by atoms with van der Waals surface area (Å²) in [6, 6.07) is 16.6. The molecule has 0 atom stereocenters. The molecule has 0 N–H and O–H groups in total. The Morgan fingerprint density at radius 1 is 1.10 bits per heavy atom. The minimum absolute atomic E-state index is 0.0891. The van der Waals surface area contributed by atoms with Gasteiger partial charge >= 0.3 is 0 Å². The Hall–Kier alpha value is -2.62. The van der Waals surface area contributed by atoms with Crippen LogP contribution < -0.4 is 4.74 Å². The summed E-state index contributed by atoms with van der Waals surface area (Å²) in [5, 5.41) is 0. The molecule has 0 aliphatic rings. The molecular formula is C17H17NO3. The van der Waals surface area contributed by atoms with Crippen molar-refractivity contribution in [2.45, 2.75) is 6.54 Å². The Balaban J connectivity index is 1.91. The number of carbonyl (C=O) groups is 2. The van der Waals surface area contributed by atoms with Gasteiger partial charge in [0.15, 0.2) is 12.9 Å². The van der Waals surface area contributed by atoms with Crippen molar-refractivity contribution in [2.24, 2.45) is 0 Å². The lowest BCUT2D eigenvalue weighted by molar-refractivity contribution is -0.132. The molecule has 0 saturated carbocycles. The number of hydrogen-bond acceptors (Lipinski definition) is 3. The van der Waals surface area contributed by atoms with Crippen molar-refractivity contribution in [1.82, 2.24) is 4.90 Å². The first-order valence-electron chi connectivity index (χ1n) is 6.65. The fraction of sp³-hybridized carbons (Fsp3) is 0.176. The Morgan fingerprint density at radius 2 is 1.76 bits per heavy atom. The molecule has 108 valence electrons. The maximum atomic E-state index is 12.0. The molecule has 0 aliphatic heterocycles. The monoisotopic (exact) mass is 283 g/mol. The molecule has 0 fully saturated rings. The largest absolute Gasteiger partial charge is 0.483 e. The molecule has 1 amide bonds. The maximum Gasteiger partial charge on any atom is 0.260 e. The number of para-hydroxylation sites is 1. The van der Waals surface area contributed by atoms with Gasteiger partial charge in [0.05, 0.1) is 5.56 Å². The van der Waals surface area contributed by atoms with E-state index in [1.165, 1.54) is 0 Å². The summed E-state index contributed by atoms with van der Waals surface area (Å²) in [6.45, 7) is 0.437. The van der Waals surface area contributed by atoms with Crippen LogP contribution in [0, 0.1) is 0 Å². The minimum atomic E-state index is -0.139. The summed E-state index contributed by atoms with van der Waals surface area (Å²) in [4.78, 5) is 24.5. The van der Waals surface area contributed by atoms with Gasteiger partial charge in [-0.1, -0.05) is 42.5 Å². The SMILES string of the molecule is CN(Cc1ccccc1)C(=O)COc1ccccc1C=O. The Morgan fingerprint density at radius 3 is 2.48 bits per heavy atom. The highest BCUT2D eigenvalue weighted by molar-refractivity contribution is 5.80. The van der Waals surface area contributed by atoms with Crippen LogP contribution in [0.3, 0.4) is 0 Å². The number of ether oxygens (including phenoxy) is 1. The zero-order chi connectivity index (χ0) is 15.1. The van der Waals surface area contributed by atoms with E-state index in [4.69, 9.17) is 4.74 Å². The van der Waals surface area contributed by atoms with Crippen LogP contribution in [0.5, 0.6) is 5.75 Å². The van der Waals surface area contributed by atoms with Gasteiger partial charge < -0.3 is 9.64 Å². The van der Waals surface area contributed by atoms with E-state index in [2.05, 4.69) is 0 Å². The van der Waals surface area contributed by atoms with E-state index in [9.17, 15) is 9.59 Å². The third-order valence-electron chi connectivity index (χ3n) is 3.09. The predicted octanol–water partition coefficient (Wildman–Crippen LogP) is 2.54. The van der Waals surface area contributed by atoms with Crippen molar-refractivity contribution < 1.29 is 14.3 Å². The Bertz CT molecular complexity index is 610. The van der Waals surface area contributed by atoms with Crippen LogP contribution >= 0.6 is 0 Å². The molecule has 2 aromatic carbocycles. The Labute approximate surface area is 124 Å². The van der Waals surface area contributed by atoms with Crippen molar-refractivity contribution in [3.8, 4) is 5.75 Å². The first-order valence-corrected chi connectivity index (χ1v) is 6.65. The molecule has 4 nitrogen and oxygen atoms in total. The maximum absolute atomic E-state index is 12.0. The molecule has 0 bridgehead atoms. The van der Waals surface area contributed by atoms with E-state index >= 15 is 0 Å². The standard InChI is InChI=1S/C17H17NO3/c1-18(11-14-7-3-2-4-8-14)17(20)13-21-16-10-6-5-9-15(16)12-19/h2-10,12H,11,13H2,1H3. The number of amides is 1. The molecule has 2 aromatic rings. The predicted molar refractivity (Wildman–Crippen MR) is 80.2 cm³/mol. The molecular weight excluding hydrogens is 266 g/mol. The first kappa shape index (κ1) is 14.8. The van der Waals surface area contributed by atoms with Crippen molar-refractivity contribution in [3.05, 3.63) is 65.7 Å². The lowest BCUT2D eigenvalue weighted by atomic mass is 10.2. The molecule has 0 aliphatic carbocycles. The van der Waals surface area contributed by atoms with Crippen molar-refractivity contribution in [1.29, 1.82) is 0 Å². The van der Waals surface area contributed by atoms with E-state index in [1.54, 1.807) is 36.2 Å². The lowest BCUT2D eigenvalue weighted by Gasteiger charge is -2.18. The molecule has 0 aromatic heterocycles. The van der Waals surface area contributed by atoms with Crippen LogP contribution in [0.2, 0.25) is 0 Å². The molecule has 0 spiro atoms. The van der Waals surface area contributed by atoms with Gasteiger partial charge in [0, 0.05) is 13.6 Å². The van der Waals surface area contributed by atoms with Crippen molar-refractivity contribution in [3.63, 3.8) is 0 Å². The van der Waals surface area contributed by atoms with E-state index in [0.29, 0.717) is 24.1 Å². The van der Waals surface area contributed by atoms with Gasteiger partial charge in [0.2, 0.25) is 0 Å². The van der Waals surface area contributed by atoms with Crippen LogP contribution in [-0.2, 0) is 11.3 Å². The fourth-order valence-electron chi connectivity index (χ4n) is 1.90. The van der Waals surface area contributed by atoms with Gasteiger partial charge in [0.25, 0.3) is 5.91 Å². The van der Waals surface area contributed by atoms with Gasteiger partial charge in [-0.25, -0.2) is 0 Å². The highest BCUT2D eigenvalue weighted by atomic mass is 16.5. The van der Waals surface area contributed by atoms with E-state index in [-0.39, 0.29) is 12.5 Å². The third kappa shape index (κ3) is 4.18. The second kappa shape index (κ2) is 7.24. The number of hydrogen-bond donors (Lipinski definition) is 0. The number of nitrogens with zero attached hydrogens (tertiary/aromatic N) is 1. The van der Waals surface area contributed by atoms with Crippen molar-refractivity contribution >= 4 is 12.2 Å². The topological polar surface area (TPSA) is 46.6 Å². The van der Waals surface area contributed by atoms with Crippen molar-refractivity contribution in [2.75, 3.05) is 13.7 Å². The number of likely N-dealkylation sites (N-methyl/N-ethyl adjacent to an activating group) is 1. The summed E-state index contributed by atoms with van der Waals surface area (Å²) >= 11 is 0. The van der Waals surface area contributed by atoms with Crippen LogP contribution in [0.1, 0.15) is 15.9 Å². The van der Waals surface area contributed by atoms with E-state index in [1.807, 2.05) is 30.3 Å². The molecule has 21 heavy (non-hydrogen) atoms. The summed E-state index contributed by atoms with van der Waals surface area (Å²) in [5.41, 5.74) is 1.50. The molecule has 0 saturated heterocycles. The van der Waals surface area contributed by atoms with Crippen LogP contribution in [0.15, 0.2) is 54.6 Å². The third-order valence-corrected chi connectivity index (χ3v) is 3.09. The zero-order valence-corrected chi connectivity index (χ0v) is 11.9. The highest BCUT2D eigenvalue weighted by Gasteiger charge is 2.11. The smallest absolute Gasteiger partial charge is 0.260 e. The highest BCUT2D eigenvalue weighted by Crippen LogP contribution is 2.15. The van der Waals surface area contributed by atoms with E-state index in [0.717, 1.165) is 5.56 Å². The summed E-state index contributed by atoms with van der Waals surface area (Å²) < 4.78 is 5.43. The van der Waals surface area contributed by atoms with Gasteiger partial charge in [-0.15, -0.1) is 0 Å². The lowest BCUT2D eigenvalue weighted by Crippen LogP contribution is -2.31. The first-order chi connectivity index (χ1) is 10.2. The number of rotatable bonds is 6. The van der Waals surface area contributed by atoms with Gasteiger partial charge in [-0.2, -0.15) is 0 Å². The van der Waals surface area contributed by atoms with Gasteiger partial charge in [0.1, 0.15) is 5.75 Å². The second-order valence-corrected chi connectivity index (χ2v) is 4.68. The summed E-state index contributed by atoms with van der Waals surface area (Å²) in [6.07, 6.45) is 0.716. The van der Waals surface area contributed by atoms with Gasteiger partial charge in [-0.3, -0.25) is 9.59 Å². The zero-order valence-electron chi connectivity index (χ0n) is 11.9. The molecule has 0 heterocycles. The van der Waals surface area contributed by atoms with E-state index < -0.39 is 0 Å². The Kier molecular flexibility index (Phi) is 5.10. The minimum Gasteiger partial charge on any atom is -0.483 e. The summed E-state index contributed by atoms with van der Waals surface area (Å²) in [7, 11) is 1.73. The average Bonchev–Trinajstić information content (AvgIpc) is 2.53. The second-order valence-electron chi connectivity index (χ2n) is 4.68. The number of carbonyl (C=O) groups excluding carboxylic acids is 2. The number of aldehydes is 1. The molecule has 0 unspecified atom stereocenters. The van der Waals surface area contributed by atoms with Crippen LogP contribution in [-0.4, -0.2) is 30.7 Å².